The maximum Gasteiger partial charge on any atom is 0.243 e. The lowest BCUT2D eigenvalue weighted by atomic mass is 10.1. The van der Waals surface area contributed by atoms with Crippen LogP contribution in [0.5, 0.6) is 0 Å². The van der Waals surface area contributed by atoms with Crippen LogP contribution in [0.25, 0.3) is 0 Å². The minimum absolute atomic E-state index is 0.0301. The Kier molecular flexibility index (Phi) is 6.26. The third-order valence-corrected chi connectivity index (χ3v) is 6.73. The highest BCUT2D eigenvalue weighted by Gasteiger charge is 2.25. The maximum atomic E-state index is 12.7. The molecule has 0 bridgehead atoms. The van der Waals surface area contributed by atoms with Crippen molar-refractivity contribution in [2.24, 2.45) is 0 Å². The zero-order valence-corrected chi connectivity index (χ0v) is 16.7. The molecular formula is C21H24N2O4S. The van der Waals surface area contributed by atoms with E-state index in [0.29, 0.717) is 24.3 Å². The van der Waals surface area contributed by atoms with Gasteiger partial charge in [-0.1, -0.05) is 18.6 Å². The molecule has 0 aliphatic carbocycles. The zero-order valence-electron chi connectivity index (χ0n) is 15.8. The minimum Gasteiger partial charge on any atom is -0.326 e. The summed E-state index contributed by atoms with van der Waals surface area (Å²) >= 11 is 0. The number of piperidine rings is 1. The van der Waals surface area contributed by atoms with E-state index in [-0.39, 0.29) is 23.0 Å². The molecule has 0 atom stereocenters. The van der Waals surface area contributed by atoms with Gasteiger partial charge in [0.1, 0.15) is 0 Å². The quantitative estimate of drug-likeness (QED) is 0.755. The van der Waals surface area contributed by atoms with Crippen molar-refractivity contribution in [3.05, 3.63) is 59.7 Å². The van der Waals surface area contributed by atoms with Gasteiger partial charge in [0.15, 0.2) is 5.78 Å². The van der Waals surface area contributed by atoms with Crippen molar-refractivity contribution in [2.75, 3.05) is 18.4 Å². The first-order valence-electron chi connectivity index (χ1n) is 9.36. The van der Waals surface area contributed by atoms with Gasteiger partial charge in [-0.05, 0) is 61.7 Å². The fourth-order valence-corrected chi connectivity index (χ4v) is 4.73. The Hall–Kier alpha value is -2.51. The van der Waals surface area contributed by atoms with Gasteiger partial charge < -0.3 is 5.32 Å². The zero-order chi connectivity index (χ0) is 20.1. The highest BCUT2D eigenvalue weighted by atomic mass is 32.2. The monoisotopic (exact) mass is 400 g/mol. The number of nitrogens with zero attached hydrogens (tertiary/aromatic N) is 1. The highest BCUT2D eigenvalue weighted by molar-refractivity contribution is 7.89. The van der Waals surface area contributed by atoms with Gasteiger partial charge in [0.05, 0.1) is 11.3 Å². The van der Waals surface area contributed by atoms with Crippen LogP contribution in [0.3, 0.4) is 0 Å². The second-order valence-electron chi connectivity index (χ2n) is 6.97. The second-order valence-corrected chi connectivity index (χ2v) is 8.91. The van der Waals surface area contributed by atoms with E-state index in [2.05, 4.69) is 5.32 Å². The van der Waals surface area contributed by atoms with Crippen LogP contribution in [0.4, 0.5) is 5.69 Å². The molecule has 2 aromatic carbocycles. The van der Waals surface area contributed by atoms with E-state index >= 15 is 0 Å². The summed E-state index contributed by atoms with van der Waals surface area (Å²) in [6.45, 7) is 2.62. The Morgan fingerprint density at radius 1 is 0.929 bits per heavy atom. The molecule has 6 nitrogen and oxygen atoms in total. The van der Waals surface area contributed by atoms with Gasteiger partial charge in [0.25, 0.3) is 0 Å². The fourth-order valence-electron chi connectivity index (χ4n) is 3.21. The molecule has 1 saturated heterocycles. The van der Waals surface area contributed by atoms with Crippen molar-refractivity contribution in [1.82, 2.24) is 4.31 Å². The Bertz CT molecular complexity index is 945. The number of anilines is 1. The van der Waals surface area contributed by atoms with Gasteiger partial charge in [0.2, 0.25) is 15.9 Å². The van der Waals surface area contributed by atoms with Gasteiger partial charge in [-0.3, -0.25) is 9.59 Å². The SMILES string of the molecule is CC(=O)c1ccc(NC(=O)Cc2ccc(S(=O)(=O)N3CCCCC3)cc2)cc1. The predicted octanol–water partition coefficient (Wildman–Crippen LogP) is 3.25. The standard InChI is InChI=1S/C21H24N2O4S/c1-16(24)18-7-9-19(10-8-18)22-21(25)15-17-5-11-20(12-6-17)28(26,27)23-13-3-2-4-14-23/h5-12H,2-4,13-15H2,1H3,(H,22,25). The lowest BCUT2D eigenvalue weighted by Gasteiger charge is -2.25. The normalized spacial score (nSPS) is 15.2. The minimum atomic E-state index is -3.46. The number of hydrogen-bond acceptors (Lipinski definition) is 4. The van der Waals surface area contributed by atoms with Crippen LogP contribution in [0.2, 0.25) is 0 Å². The third kappa shape index (κ3) is 4.85. The van der Waals surface area contributed by atoms with Crippen LogP contribution in [0.15, 0.2) is 53.4 Å². The molecular weight excluding hydrogens is 376 g/mol. The fraction of sp³-hybridized carbons (Fsp3) is 0.333. The van der Waals surface area contributed by atoms with Crippen LogP contribution in [0, 0.1) is 0 Å². The summed E-state index contributed by atoms with van der Waals surface area (Å²) in [5.41, 5.74) is 1.93. The lowest BCUT2D eigenvalue weighted by molar-refractivity contribution is -0.115. The summed E-state index contributed by atoms with van der Waals surface area (Å²) in [7, 11) is -3.46. The topological polar surface area (TPSA) is 83.5 Å². The van der Waals surface area contributed by atoms with Crippen LogP contribution in [0.1, 0.15) is 42.1 Å². The third-order valence-electron chi connectivity index (χ3n) is 4.82. The van der Waals surface area contributed by atoms with Crippen LogP contribution in [-0.2, 0) is 21.2 Å². The average molecular weight is 401 g/mol. The Morgan fingerprint density at radius 3 is 2.11 bits per heavy atom. The average Bonchev–Trinajstić information content (AvgIpc) is 2.69. The van der Waals surface area contributed by atoms with E-state index < -0.39 is 10.0 Å². The molecule has 0 radical (unpaired) electrons. The molecule has 3 rings (SSSR count). The smallest absolute Gasteiger partial charge is 0.243 e. The number of hydrogen-bond donors (Lipinski definition) is 1. The molecule has 0 unspecified atom stereocenters. The molecule has 28 heavy (non-hydrogen) atoms. The number of amides is 1. The van der Waals surface area contributed by atoms with Crippen LogP contribution < -0.4 is 5.32 Å². The van der Waals surface area contributed by atoms with E-state index in [4.69, 9.17) is 0 Å². The van der Waals surface area contributed by atoms with Crippen molar-refractivity contribution in [3.63, 3.8) is 0 Å². The van der Waals surface area contributed by atoms with Crippen LogP contribution >= 0.6 is 0 Å². The molecule has 0 spiro atoms. The van der Waals surface area contributed by atoms with E-state index in [1.54, 1.807) is 48.5 Å². The second kappa shape index (κ2) is 8.67. The summed E-state index contributed by atoms with van der Waals surface area (Å²) in [4.78, 5) is 23.8. The van der Waals surface area contributed by atoms with Crippen molar-refractivity contribution < 1.29 is 18.0 Å². The van der Waals surface area contributed by atoms with E-state index in [1.807, 2.05) is 0 Å². The number of rotatable bonds is 6. The molecule has 1 N–H and O–H groups in total. The molecule has 0 aromatic heterocycles. The van der Waals surface area contributed by atoms with Crippen molar-refractivity contribution in [1.29, 1.82) is 0 Å². The summed E-state index contributed by atoms with van der Waals surface area (Å²) < 4.78 is 26.9. The largest absolute Gasteiger partial charge is 0.326 e. The number of Topliss-reactive ketones (excluding diaryl/α,β-unsaturated/α-hetero) is 1. The van der Waals surface area contributed by atoms with E-state index in [0.717, 1.165) is 24.8 Å². The van der Waals surface area contributed by atoms with Gasteiger partial charge in [-0.25, -0.2) is 8.42 Å². The lowest BCUT2D eigenvalue weighted by Crippen LogP contribution is -2.35. The van der Waals surface area contributed by atoms with Crippen molar-refractivity contribution >= 4 is 27.4 Å². The summed E-state index contributed by atoms with van der Waals surface area (Å²) in [6.07, 6.45) is 2.99. The van der Waals surface area contributed by atoms with E-state index in [9.17, 15) is 18.0 Å². The molecule has 7 heteroatoms. The van der Waals surface area contributed by atoms with E-state index in [1.165, 1.54) is 11.2 Å². The molecule has 2 aromatic rings. The first-order valence-corrected chi connectivity index (χ1v) is 10.8. The van der Waals surface area contributed by atoms with Gasteiger partial charge >= 0.3 is 0 Å². The Morgan fingerprint density at radius 2 is 1.54 bits per heavy atom. The molecule has 0 saturated carbocycles. The number of carbonyl (C=O) groups excluding carboxylic acids is 2. The number of ketones is 1. The van der Waals surface area contributed by atoms with Gasteiger partial charge in [-0.2, -0.15) is 4.31 Å². The molecule has 1 amide bonds. The van der Waals surface area contributed by atoms with Gasteiger partial charge in [-0.15, -0.1) is 0 Å². The number of sulfonamides is 1. The molecule has 1 aliphatic rings. The summed E-state index contributed by atoms with van der Waals surface area (Å²) in [6, 6.07) is 13.2. The molecule has 1 aliphatic heterocycles. The first-order chi connectivity index (χ1) is 13.4. The number of nitrogens with one attached hydrogen (secondary N) is 1. The Labute approximate surface area is 165 Å². The summed E-state index contributed by atoms with van der Waals surface area (Å²) in [5.74, 6) is -0.236. The van der Waals surface area contributed by atoms with Crippen LogP contribution in [-0.4, -0.2) is 37.5 Å². The maximum absolute atomic E-state index is 12.7. The highest BCUT2D eigenvalue weighted by Crippen LogP contribution is 2.21. The molecule has 1 fully saturated rings. The Balaban J connectivity index is 1.62. The molecule has 1 heterocycles. The first kappa shape index (κ1) is 20.2. The van der Waals surface area contributed by atoms with Crippen molar-refractivity contribution in [3.8, 4) is 0 Å². The molecule has 148 valence electrons. The summed E-state index contributed by atoms with van der Waals surface area (Å²) in [5, 5.41) is 2.78. The van der Waals surface area contributed by atoms with Gasteiger partial charge in [0, 0.05) is 24.3 Å². The predicted molar refractivity (Wildman–Crippen MR) is 108 cm³/mol. The van der Waals surface area contributed by atoms with Crippen molar-refractivity contribution in [2.45, 2.75) is 37.5 Å². The number of carbonyl (C=O) groups is 2. The number of benzene rings is 2.